The largest absolute Gasteiger partial charge is 0.379 e. The van der Waals surface area contributed by atoms with Crippen molar-refractivity contribution >= 4 is 11.6 Å². The third-order valence-corrected chi connectivity index (χ3v) is 3.09. The molecule has 0 radical (unpaired) electrons. The van der Waals surface area contributed by atoms with E-state index in [1.807, 2.05) is 0 Å². The molecular weight excluding hydrogens is 198 g/mol. The molecule has 0 spiro atoms. The Kier molecular flexibility index (Phi) is 6.57. The Morgan fingerprint density at radius 1 is 1.29 bits per heavy atom. The van der Waals surface area contributed by atoms with E-state index in [0.29, 0.717) is 12.5 Å². The molecule has 1 aliphatic heterocycles. The predicted molar refractivity (Wildman–Crippen MR) is 61.0 cm³/mol. The minimum atomic E-state index is 0.607. The fraction of sp³-hybridized carbons (Fsp3) is 1.00. The van der Waals surface area contributed by atoms with Gasteiger partial charge in [0.1, 0.15) is 0 Å². The van der Waals surface area contributed by atoms with Gasteiger partial charge in [-0.1, -0.05) is 12.8 Å². The van der Waals surface area contributed by atoms with Crippen LogP contribution in [0.25, 0.3) is 0 Å². The van der Waals surface area contributed by atoms with Crippen LogP contribution in [-0.4, -0.2) is 43.1 Å². The van der Waals surface area contributed by atoms with Gasteiger partial charge in [-0.2, -0.15) is 0 Å². The molecule has 0 saturated carbocycles. The summed E-state index contributed by atoms with van der Waals surface area (Å²) in [7, 11) is 0. The lowest BCUT2D eigenvalue weighted by Crippen LogP contribution is -2.35. The lowest BCUT2D eigenvalue weighted by Gasteiger charge is -2.26. The number of halogens is 1. The second kappa shape index (κ2) is 7.49. The molecule has 1 unspecified atom stereocenters. The van der Waals surface area contributed by atoms with E-state index < -0.39 is 0 Å². The lowest BCUT2D eigenvalue weighted by atomic mass is 10.1. The molecule has 1 saturated heterocycles. The predicted octanol–water partition coefficient (Wildman–Crippen LogP) is 2.51. The maximum Gasteiger partial charge on any atom is 0.0602 e. The Morgan fingerprint density at radius 2 is 2.14 bits per heavy atom. The van der Waals surface area contributed by atoms with Crippen molar-refractivity contribution in [3.63, 3.8) is 0 Å². The average molecular weight is 220 g/mol. The van der Waals surface area contributed by atoms with Crippen LogP contribution in [-0.2, 0) is 4.74 Å². The molecule has 84 valence electrons. The van der Waals surface area contributed by atoms with Gasteiger partial charge in [0.2, 0.25) is 0 Å². The van der Waals surface area contributed by atoms with Gasteiger partial charge in [-0.3, -0.25) is 4.90 Å². The van der Waals surface area contributed by atoms with Crippen molar-refractivity contribution in [2.75, 3.05) is 32.2 Å². The number of alkyl halides is 1. The summed E-state index contributed by atoms with van der Waals surface area (Å²) >= 11 is 5.54. The zero-order valence-electron chi connectivity index (χ0n) is 9.17. The van der Waals surface area contributed by atoms with Crippen molar-refractivity contribution in [3.05, 3.63) is 0 Å². The van der Waals surface area contributed by atoms with E-state index in [9.17, 15) is 0 Å². The monoisotopic (exact) mass is 219 g/mol. The average Bonchev–Trinajstić information content (AvgIpc) is 2.39. The van der Waals surface area contributed by atoms with Crippen LogP contribution in [0.3, 0.4) is 0 Å². The summed E-state index contributed by atoms with van der Waals surface area (Å²) in [6.07, 6.45) is 5.47. The molecule has 1 rings (SSSR count). The minimum absolute atomic E-state index is 0.607. The molecule has 1 heterocycles. The van der Waals surface area contributed by atoms with Crippen LogP contribution in [0.5, 0.6) is 0 Å². The summed E-state index contributed by atoms with van der Waals surface area (Å²) in [6, 6.07) is 0.733. The van der Waals surface area contributed by atoms with Crippen molar-refractivity contribution < 1.29 is 4.74 Å². The van der Waals surface area contributed by atoms with Crippen molar-refractivity contribution in [2.45, 2.75) is 38.6 Å². The Hall–Kier alpha value is 0.210. The van der Waals surface area contributed by atoms with Gasteiger partial charge < -0.3 is 4.74 Å². The van der Waals surface area contributed by atoms with Gasteiger partial charge in [-0.05, 0) is 26.3 Å². The van der Waals surface area contributed by atoms with E-state index in [1.54, 1.807) is 0 Å². The highest BCUT2D eigenvalue weighted by Gasteiger charge is 2.15. The first-order valence-electron chi connectivity index (χ1n) is 5.72. The molecule has 0 bridgehead atoms. The minimum Gasteiger partial charge on any atom is -0.379 e. The number of likely N-dealkylation sites (tertiary alicyclic amines) is 1. The Balaban J connectivity index is 2.13. The fourth-order valence-electron chi connectivity index (χ4n) is 2.00. The van der Waals surface area contributed by atoms with Crippen LogP contribution >= 0.6 is 11.6 Å². The molecule has 0 aromatic carbocycles. The SMILES string of the molecule is CC1CCCCCN1CCOCCCl. The molecule has 0 aromatic heterocycles. The second-order valence-corrected chi connectivity index (χ2v) is 4.41. The summed E-state index contributed by atoms with van der Waals surface area (Å²) in [6.45, 7) is 6.15. The van der Waals surface area contributed by atoms with E-state index in [4.69, 9.17) is 16.3 Å². The van der Waals surface area contributed by atoms with Crippen molar-refractivity contribution in [3.8, 4) is 0 Å². The van der Waals surface area contributed by atoms with Gasteiger partial charge in [0.15, 0.2) is 0 Å². The van der Waals surface area contributed by atoms with Gasteiger partial charge >= 0.3 is 0 Å². The summed E-state index contributed by atoms with van der Waals surface area (Å²) in [4.78, 5) is 2.54. The molecule has 1 atom stereocenters. The molecule has 0 amide bonds. The standard InChI is InChI=1S/C11H22ClNO/c1-11-5-3-2-4-7-13(11)8-10-14-9-6-12/h11H,2-10H2,1H3. The third kappa shape index (κ3) is 4.63. The first kappa shape index (κ1) is 12.3. The molecule has 0 aromatic rings. The highest BCUT2D eigenvalue weighted by Crippen LogP contribution is 2.15. The van der Waals surface area contributed by atoms with Crippen LogP contribution in [0.2, 0.25) is 0 Å². The quantitative estimate of drug-likeness (QED) is 0.521. The van der Waals surface area contributed by atoms with Gasteiger partial charge in [-0.25, -0.2) is 0 Å². The fourth-order valence-corrected chi connectivity index (χ4v) is 2.11. The number of nitrogens with zero attached hydrogens (tertiary/aromatic N) is 1. The third-order valence-electron chi connectivity index (χ3n) is 2.93. The van der Waals surface area contributed by atoms with Crippen LogP contribution in [0.15, 0.2) is 0 Å². The van der Waals surface area contributed by atoms with Gasteiger partial charge in [0.05, 0.1) is 13.2 Å². The lowest BCUT2D eigenvalue weighted by molar-refractivity contribution is 0.0999. The molecule has 3 heteroatoms. The van der Waals surface area contributed by atoms with E-state index in [2.05, 4.69) is 11.8 Å². The summed E-state index contributed by atoms with van der Waals surface area (Å²) in [5, 5.41) is 0. The molecular formula is C11H22ClNO. The van der Waals surface area contributed by atoms with Crippen LogP contribution in [0.4, 0.5) is 0 Å². The van der Waals surface area contributed by atoms with E-state index in [1.165, 1.54) is 32.2 Å². The Labute approximate surface area is 92.6 Å². The number of rotatable bonds is 5. The number of ether oxygens (including phenoxy) is 1. The maximum absolute atomic E-state index is 5.54. The maximum atomic E-state index is 5.54. The van der Waals surface area contributed by atoms with Gasteiger partial charge in [0, 0.05) is 18.5 Å². The molecule has 1 aliphatic rings. The molecule has 1 fully saturated rings. The second-order valence-electron chi connectivity index (χ2n) is 4.04. The smallest absolute Gasteiger partial charge is 0.0602 e. The number of hydrogen-bond acceptors (Lipinski definition) is 2. The highest BCUT2D eigenvalue weighted by molar-refractivity contribution is 6.17. The van der Waals surface area contributed by atoms with E-state index in [0.717, 1.165) is 19.2 Å². The zero-order valence-corrected chi connectivity index (χ0v) is 9.93. The highest BCUT2D eigenvalue weighted by atomic mass is 35.5. The van der Waals surface area contributed by atoms with Crippen LogP contribution in [0.1, 0.15) is 32.6 Å². The van der Waals surface area contributed by atoms with Crippen molar-refractivity contribution in [1.82, 2.24) is 4.90 Å². The molecule has 14 heavy (non-hydrogen) atoms. The zero-order chi connectivity index (χ0) is 10.2. The Morgan fingerprint density at radius 3 is 2.93 bits per heavy atom. The molecule has 2 nitrogen and oxygen atoms in total. The normalized spacial score (nSPS) is 24.9. The van der Waals surface area contributed by atoms with Crippen molar-refractivity contribution in [1.29, 1.82) is 0 Å². The first-order chi connectivity index (χ1) is 6.84. The Bertz CT molecular complexity index is 143. The number of hydrogen-bond donors (Lipinski definition) is 0. The van der Waals surface area contributed by atoms with Crippen LogP contribution < -0.4 is 0 Å². The molecule has 0 N–H and O–H groups in total. The topological polar surface area (TPSA) is 12.5 Å². The summed E-state index contributed by atoms with van der Waals surface area (Å²) < 4.78 is 5.40. The first-order valence-corrected chi connectivity index (χ1v) is 6.26. The molecule has 0 aliphatic carbocycles. The van der Waals surface area contributed by atoms with Crippen LogP contribution in [0, 0.1) is 0 Å². The van der Waals surface area contributed by atoms with Gasteiger partial charge in [0.25, 0.3) is 0 Å². The van der Waals surface area contributed by atoms with E-state index in [-0.39, 0.29) is 0 Å². The van der Waals surface area contributed by atoms with E-state index >= 15 is 0 Å². The summed E-state index contributed by atoms with van der Waals surface area (Å²) in [5.74, 6) is 0.607. The van der Waals surface area contributed by atoms with Crippen molar-refractivity contribution in [2.24, 2.45) is 0 Å². The summed E-state index contributed by atoms with van der Waals surface area (Å²) in [5.41, 5.74) is 0. The van der Waals surface area contributed by atoms with Gasteiger partial charge in [-0.15, -0.1) is 11.6 Å².